The number of ether oxygens (including phenoxy) is 1. The number of para-hydroxylation sites is 1. The quantitative estimate of drug-likeness (QED) is 0.786. The average Bonchev–Trinajstić information content (AvgIpc) is 2.83. The van der Waals surface area contributed by atoms with Gasteiger partial charge in [0.15, 0.2) is 5.82 Å². The van der Waals surface area contributed by atoms with Crippen molar-refractivity contribution in [2.45, 2.75) is 13.3 Å². The zero-order valence-corrected chi connectivity index (χ0v) is 11.2. The van der Waals surface area contributed by atoms with Gasteiger partial charge in [-0.1, -0.05) is 18.2 Å². The number of aryl methyl sites for hydroxylation is 1. The van der Waals surface area contributed by atoms with Crippen LogP contribution in [0.3, 0.4) is 0 Å². The largest absolute Gasteiger partial charge is 0.493 e. The number of rotatable bonds is 4. The molecule has 0 unspecified atom stereocenters. The minimum Gasteiger partial charge on any atom is -0.493 e. The van der Waals surface area contributed by atoms with Crippen molar-refractivity contribution in [2.75, 3.05) is 6.61 Å². The maximum atomic E-state index is 13.5. The molecule has 2 aromatic carbocycles. The smallest absolute Gasteiger partial charge is 0.151 e. The van der Waals surface area contributed by atoms with Gasteiger partial charge in [0.1, 0.15) is 17.1 Å². The van der Waals surface area contributed by atoms with Gasteiger partial charge in [0.25, 0.3) is 0 Å². The molecule has 1 N–H and O–H groups in total. The van der Waals surface area contributed by atoms with Gasteiger partial charge in [0.2, 0.25) is 0 Å². The highest BCUT2D eigenvalue weighted by molar-refractivity contribution is 5.75. The molecule has 0 spiro atoms. The fourth-order valence-electron chi connectivity index (χ4n) is 2.14. The molecule has 1 heterocycles. The number of nitrogens with zero attached hydrogens (tertiary/aromatic N) is 1. The molecule has 0 fully saturated rings. The molecule has 3 rings (SSSR count). The molecular weight excluding hydrogens is 255 g/mol. The number of imidazole rings is 1. The zero-order chi connectivity index (χ0) is 13.9. The third kappa shape index (κ3) is 2.64. The Hall–Kier alpha value is -2.36. The third-order valence-electron chi connectivity index (χ3n) is 3.11. The van der Waals surface area contributed by atoms with Crippen molar-refractivity contribution in [1.82, 2.24) is 9.97 Å². The van der Waals surface area contributed by atoms with Crippen molar-refractivity contribution in [1.29, 1.82) is 0 Å². The molecule has 0 radical (unpaired) electrons. The highest BCUT2D eigenvalue weighted by atomic mass is 19.1. The summed E-state index contributed by atoms with van der Waals surface area (Å²) < 4.78 is 19.2. The summed E-state index contributed by atoms with van der Waals surface area (Å²) in [4.78, 5) is 7.35. The Morgan fingerprint density at radius 3 is 2.85 bits per heavy atom. The van der Waals surface area contributed by atoms with Crippen LogP contribution in [0.15, 0.2) is 42.5 Å². The summed E-state index contributed by atoms with van der Waals surface area (Å²) in [7, 11) is 0. The fourth-order valence-corrected chi connectivity index (χ4v) is 2.14. The molecule has 3 aromatic rings. The number of hydrogen-bond acceptors (Lipinski definition) is 2. The average molecular weight is 270 g/mol. The second kappa shape index (κ2) is 5.33. The zero-order valence-electron chi connectivity index (χ0n) is 11.2. The predicted molar refractivity (Wildman–Crippen MR) is 76.4 cm³/mol. The summed E-state index contributed by atoms with van der Waals surface area (Å²) in [5.74, 6) is 1.27. The molecule has 0 amide bonds. The first-order valence-electron chi connectivity index (χ1n) is 6.55. The lowest BCUT2D eigenvalue weighted by atomic mass is 10.2. The van der Waals surface area contributed by atoms with Gasteiger partial charge >= 0.3 is 0 Å². The third-order valence-corrected chi connectivity index (χ3v) is 3.11. The number of aromatic amines is 1. The normalized spacial score (nSPS) is 10.9. The molecule has 3 nitrogen and oxygen atoms in total. The van der Waals surface area contributed by atoms with E-state index in [0.717, 1.165) is 22.7 Å². The van der Waals surface area contributed by atoms with Gasteiger partial charge in [-0.3, -0.25) is 0 Å². The van der Waals surface area contributed by atoms with Gasteiger partial charge in [-0.25, -0.2) is 9.37 Å². The molecule has 0 atom stereocenters. The van der Waals surface area contributed by atoms with E-state index in [1.54, 1.807) is 6.07 Å². The molecule has 4 heteroatoms. The molecule has 0 saturated heterocycles. The number of nitrogens with one attached hydrogen (secondary N) is 1. The van der Waals surface area contributed by atoms with Gasteiger partial charge in [-0.15, -0.1) is 0 Å². The minimum atomic E-state index is -0.301. The molecule has 20 heavy (non-hydrogen) atoms. The van der Waals surface area contributed by atoms with Crippen molar-refractivity contribution in [3.63, 3.8) is 0 Å². The lowest BCUT2D eigenvalue weighted by Crippen LogP contribution is -2.02. The van der Waals surface area contributed by atoms with Gasteiger partial charge in [0.05, 0.1) is 12.1 Å². The number of fused-ring (bicyclic) bond motifs is 1. The Morgan fingerprint density at radius 1 is 1.20 bits per heavy atom. The first kappa shape index (κ1) is 12.7. The second-order valence-corrected chi connectivity index (χ2v) is 4.73. The predicted octanol–water partition coefficient (Wildman–Crippen LogP) is 3.63. The van der Waals surface area contributed by atoms with Crippen LogP contribution in [0.5, 0.6) is 5.75 Å². The van der Waals surface area contributed by atoms with Crippen LogP contribution in [0, 0.1) is 12.7 Å². The van der Waals surface area contributed by atoms with E-state index < -0.39 is 0 Å². The molecular formula is C16H15FN2O. The highest BCUT2D eigenvalue weighted by Crippen LogP contribution is 2.16. The summed E-state index contributed by atoms with van der Waals surface area (Å²) in [6.45, 7) is 2.53. The number of hydrogen-bond donors (Lipinski definition) is 1. The summed E-state index contributed by atoms with van der Waals surface area (Å²) in [6.07, 6.45) is 0.613. The molecule has 1 aromatic heterocycles. The maximum Gasteiger partial charge on any atom is 0.151 e. The Bertz CT molecular complexity index is 736. The fraction of sp³-hybridized carbons (Fsp3) is 0.188. The number of aromatic nitrogens is 2. The van der Waals surface area contributed by atoms with E-state index in [2.05, 4.69) is 9.97 Å². The second-order valence-electron chi connectivity index (χ2n) is 4.73. The van der Waals surface area contributed by atoms with E-state index in [1.165, 1.54) is 6.07 Å². The van der Waals surface area contributed by atoms with E-state index >= 15 is 0 Å². The molecule has 0 bridgehead atoms. The van der Waals surface area contributed by atoms with Gasteiger partial charge in [-0.2, -0.15) is 0 Å². The topological polar surface area (TPSA) is 37.9 Å². The number of halogens is 1. The van der Waals surface area contributed by atoms with Crippen LogP contribution in [0.2, 0.25) is 0 Å². The van der Waals surface area contributed by atoms with Crippen LogP contribution < -0.4 is 4.74 Å². The van der Waals surface area contributed by atoms with E-state index in [1.807, 2.05) is 37.3 Å². The van der Waals surface area contributed by atoms with Gasteiger partial charge in [0, 0.05) is 6.42 Å². The van der Waals surface area contributed by atoms with Crippen molar-refractivity contribution < 1.29 is 9.13 Å². The van der Waals surface area contributed by atoms with Crippen molar-refractivity contribution >= 4 is 11.0 Å². The molecule has 0 saturated carbocycles. The lowest BCUT2D eigenvalue weighted by molar-refractivity contribution is 0.319. The van der Waals surface area contributed by atoms with Crippen LogP contribution in [-0.2, 0) is 6.42 Å². The van der Waals surface area contributed by atoms with Gasteiger partial charge in [-0.05, 0) is 36.8 Å². The Labute approximate surface area is 116 Å². The summed E-state index contributed by atoms with van der Waals surface area (Å²) in [5, 5.41) is 0. The highest BCUT2D eigenvalue weighted by Gasteiger charge is 2.06. The van der Waals surface area contributed by atoms with Crippen LogP contribution in [-0.4, -0.2) is 16.6 Å². The van der Waals surface area contributed by atoms with Crippen LogP contribution >= 0.6 is 0 Å². The Morgan fingerprint density at radius 2 is 2.05 bits per heavy atom. The standard InChI is InChI=1S/C16H15FN2O/c1-11-4-2-5-12(10-11)20-9-8-15-18-14-7-3-6-13(17)16(14)19-15/h2-7,10H,8-9H2,1H3,(H,18,19). The first-order valence-corrected chi connectivity index (χ1v) is 6.55. The number of benzene rings is 2. The van der Waals surface area contributed by atoms with E-state index in [0.29, 0.717) is 18.5 Å². The molecule has 0 aliphatic heterocycles. The molecule has 102 valence electrons. The van der Waals surface area contributed by atoms with Crippen molar-refractivity contribution in [2.24, 2.45) is 0 Å². The van der Waals surface area contributed by atoms with E-state index in [-0.39, 0.29) is 5.82 Å². The van der Waals surface area contributed by atoms with E-state index in [4.69, 9.17) is 4.74 Å². The Balaban J connectivity index is 1.67. The SMILES string of the molecule is Cc1cccc(OCCc2nc3c(F)cccc3[nH]2)c1. The van der Waals surface area contributed by atoms with Crippen LogP contribution in [0.4, 0.5) is 4.39 Å². The lowest BCUT2D eigenvalue weighted by Gasteiger charge is -2.05. The minimum absolute atomic E-state index is 0.301. The Kier molecular flexibility index (Phi) is 3.37. The molecule has 0 aliphatic carbocycles. The van der Waals surface area contributed by atoms with Crippen LogP contribution in [0.1, 0.15) is 11.4 Å². The summed E-state index contributed by atoms with van der Waals surface area (Å²) in [5.41, 5.74) is 2.27. The molecule has 0 aliphatic rings. The van der Waals surface area contributed by atoms with Crippen molar-refractivity contribution in [3.05, 3.63) is 59.7 Å². The first-order chi connectivity index (χ1) is 9.72. The summed E-state index contributed by atoms with van der Waals surface area (Å²) in [6, 6.07) is 12.8. The van der Waals surface area contributed by atoms with Gasteiger partial charge < -0.3 is 9.72 Å². The maximum absolute atomic E-state index is 13.5. The summed E-state index contributed by atoms with van der Waals surface area (Å²) >= 11 is 0. The number of H-pyrrole nitrogens is 1. The van der Waals surface area contributed by atoms with Crippen molar-refractivity contribution in [3.8, 4) is 5.75 Å². The van der Waals surface area contributed by atoms with Crippen LogP contribution in [0.25, 0.3) is 11.0 Å². The monoisotopic (exact) mass is 270 g/mol. The van der Waals surface area contributed by atoms with E-state index in [9.17, 15) is 4.39 Å².